The van der Waals surface area contributed by atoms with Crippen molar-refractivity contribution >= 4 is 0 Å². The molecular weight excluding hydrogens is 606 g/mol. The molecule has 0 radical (unpaired) electrons. The Morgan fingerprint density at radius 1 is 0.367 bits per heavy atom. The fraction of sp³-hybridized carbons (Fsp3) is 1.00. The highest BCUT2D eigenvalue weighted by molar-refractivity contribution is 4.89. The number of piperidine rings is 4. The minimum atomic E-state index is 0.343. The van der Waals surface area contributed by atoms with Crippen LogP contribution in [-0.4, -0.2) is 181 Å². The highest BCUT2D eigenvalue weighted by atomic mass is 16.5. The summed E-state index contributed by atoms with van der Waals surface area (Å²) >= 11 is 0. The van der Waals surface area contributed by atoms with Gasteiger partial charge in [-0.1, -0.05) is 6.42 Å². The highest BCUT2D eigenvalue weighted by Gasteiger charge is 2.33. The van der Waals surface area contributed by atoms with Crippen LogP contribution in [0.2, 0.25) is 0 Å². The number of rotatable bonds is 3. The third-order valence-corrected chi connectivity index (χ3v) is 12.8. The van der Waals surface area contributed by atoms with Crippen LogP contribution >= 0.6 is 0 Å². The predicted molar refractivity (Wildman–Crippen MR) is 210 cm³/mol. The van der Waals surface area contributed by atoms with E-state index in [0.717, 1.165) is 44.4 Å². The van der Waals surface area contributed by atoms with Gasteiger partial charge in [-0.3, -0.25) is 24.5 Å². The Kier molecular flexibility index (Phi) is 16.2. The Hall–Kier alpha value is -0.320. The third kappa shape index (κ3) is 13.6. The summed E-state index contributed by atoms with van der Waals surface area (Å²) < 4.78 is 5.41. The zero-order valence-corrected chi connectivity index (χ0v) is 34.4. The molecule has 288 valence electrons. The van der Waals surface area contributed by atoms with Gasteiger partial charge in [-0.25, -0.2) is 0 Å². The lowest BCUT2D eigenvalue weighted by Gasteiger charge is -2.45. The second-order valence-electron chi connectivity index (χ2n) is 19.3. The van der Waals surface area contributed by atoms with Gasteiger partial charge in [-0.05, 0) is 134 Å². The average molecular weight is 690 g/mol. The van der Waals surface area contributed by atoms with Gasteiger partial charge >= 0.3 is 0 Å². The number of ether oxygens (including phenoxy) is 1. The van der Waals surface area contributed by atoms with Crippen molar-refractivity contribution in [1.29, 1.82) is 0 Å². The molecule has 0 unspecified atom stereocenters. The molecule has 6 saturated heterocycles. The molecule has 6 aliphatic heterocycles. The van der Waals surface area contributed by atoms with Gasteiger partial charge in [-0.15, -0.1) is 0 Å². The second kappa shape index (κ2) is 19.1. The molecule has 0 bridgehead atoms. The first kappa shape index (κ1) is 41.4. The first-order valence-corrected chi connectivity index (χ1v) is 20.8. The zero-order chi connectivity index (χ0) is 35.7. The summed E-state index contributed by atoms with van der Waals surface area (Å²) in [6.07, 6.45) is 12.5. The molecule has 0 aromatic rings. The molecule has 0 aromatic carbocycles. The van der Waals surface area contributed by atoms with Crippen LogP contribution in [0.3, 0.4) is 0 Å². The van der Waals surface area contributed by atoms with Gasteiger partial charge in [-0.2, -0.15) is 0 Å². The Labute approximate surface area is 305 Å². The molecule has 0 atom stereocenters. The van der Waals surface area contributed by atoms with Gasteiger partial charge in [0.15, 0.2) is 0 Å². The first-order chi connectivity index (χ1) is 23.1. The van der Waals surface area contributed by atoms with Gasteiger partial charge in [0.25, 0.3) is 0 Å². The van der Waals surface area contributed by atoms with Gasteiger partial charge in [0, 0.05) is 113 Å². The lowest BCUT2D eigenvalue weighted by Crippen LogP contribution is -2.54. The fourth-order valence-electron chi connectivity index (χ4n) is 9.12. The third-order valence-electron chi connectivity index (χ3n) is 12.8. The van der Waals surface area contributed by atoms with Crippen LogP contribution in [0.4, 0.5) is 0 Å². The number of nitrogens with zero attached hydrogens (tertiary/aromatic N) is 7. The van der Waals surface area contributed by atoms with Gasteiger partial charge < -0.3 is 14.5 Å². The molecule has 6 heterocycles. The number of hydrogen-bond donors (Lipinski definition) is 0. The smallest absolute Gasteiger partial charge is 0.0594 e. The van der Waals surface area contributed by atoms with Gasteiger partial charge in [0.2, 0.25) is 0 Å². The number of morpholine rings is 1. The summed E-state index contributed by atoms with van der Waals surface area (Å²) in [6.45, 7) is 40.6. The SMILES string of the molecule is CC(C)(C)N1CCC(N2CCCCC2)CC1.CC(C)(C)N1CCC(N2CCOCC2)CC1.CN1CCN(C2CCN(C(C)(C)C)CC2)CC1. The van der Waals surface area contributed by atoms with Crippen molar-refractivity contribution in [3.63, 3.8) is 0 Å². The quantitative estimate of drug-likeness (QED) is 0.367. The molecule has 6 fully saturated rings. The van der Waals surface area contributed by atoms with Crippen LogP contribution in [0.25, 0.3) is 0 Å². The van der Waals surface area contributed by atoms with Crippen LogP contribution in [0.15, 0.2) is 0 Å². The summed E-state index contributed by atoms with van der Waals surface area (Å²) in [5, 5.41) is 0. The maximum atomic E-state index is 5.41. The largest absolute Gasteiger partial charge is 0.379 e. The zero-order valence-electron chi connectivity index (χ0n) is 34.4. The maximum absolute atomic E-state index is 5.41. The lowest BCUT2D eigenvalue weighted by molar-refractivity contribution is -0.00891. The van der Waals surface area contributed by atoms with E-state index in [1.54, 1.807) is 0 Å². The van der Waals surface area contributed by atoms with E-state index in [1.165, 1.54) is 136 Å². The van der Waals surface area contributed by atoms with Crippen molar-refractivity contribution in [3.05, 3.63) is 0 Å². The molecule has 0 N–H and O–H groups in total. The molecule has 0 aliphatic carbocycles. The number of hydrogen-bond acceptors (Lipinski definition) is 8. The van der Waals surface area contributed by atoms with E-state index in [4.69, 9.17) is 4.74 Å². The Balaban J connectivity index is 0.000000166. The van der Waals surface area contributed by atoms with E-state index in [9.17, 15) is 0 Å². The minimum Gasteiger partial charge on any atom is -0.379 e. The molecule has 8 nitrogen and oxygen atoms in total. The van der Waals surface area contributed by atoms with Crippen molar-refractivity contribution in [2.24, 2.45) is 0 Å². The van der Waals surface area contributed by atoms with Crippen LogP contribution in [0.5, 0.6) is 0 Å². The van der Waals surface area contributed by atoms with E-state index in [1.807, 2.05) is 0 Å². The van der Waals surface area contributed by atoms with E-state index in [-0.39, 0.29) is 0 Å². The summed E-state index contributed by atoms with van der Waals surface area (Å²) in [6, 6.07) is 2.55. The van der Waals surface area contributed by atoms with Crippen LogP contribution in [0, 0.1) is 0 Å². The lowest BCUT2D eigenvalue weighted by atomic mass is 9.96. The van der Waals surface area contributed by atoms with E-state index < -0.39 is 0 Å². The summed E-state index contributed by atoms with van der Waals surface area (Å²) in [7, 11) is 2.24. The number of piperazine rings is 1. The van der Waals surface area contributed by atoms with Crippen molar-refractivity contribution in [1.82, 2.24) is 34.3 Å². The first-order valence-electron chi connectivity index (χ1n) is 20.8. The Bertz CT molecular complexity index is 834. The minimum absolute atomic E-state index is 0.343. The van der Waals surface area contributed by atoms with E-state index >= 15 is 0 Å². The molecule has 0 amide bonds. The monoisotopic (exact) mass is 690 g/mol. The normalized spacial score (nSPS) is 27.3. The average Bonchev–Trinajstić information content (AvgIpc) is 3.09. The van der Waals surface area contributed by atoms with E-state index in [0.29, 0.717) is 16.6 Å². The number of likely N-dealkylation sites (N-methyl/N-ethyl adjacent to an activating group) is 1. The maximum Gasteiger partial charge on any atom is 0.0594 e. The van der Waals surface area contributed by atoms with Crippen LogP contribution < -0.4 is 0 Å². The molecular formula is C41H83N7O. The molecule has 0 saturated carbocycles. The molecule has 6 aliphatic rings. The van der Waals surface area contributed by atoms with Crippen LogP contribution in [-0.2, 0) is 4.74 Å². The summed E-state index contributed by atoms with van der Waals surface area (Å²) in [5.74, 6) is 0. The van der Waals surface area contributed by atoms with Crippen molar-refractivity contribution in [2.45, 2.75) is 155 Å². The number of likely N-dealkylation sites (tertiary alicyclic amines) is 4. The molecule has 8 heteroatoms. The molecule has 6 rings (SSSR count). The molecule has 49 heavy (non-hydrogen) atoms. The topological polar surface area (TPSA) is 31.9 Å². The Morgan fingerprint density at radius 3 is 1.00 bits per heavy atom. The van der Waals surface area contributed by atoms with Gasteiger partial charge in [0.05, 0.1) is 13.2 Å². The van der Waals surface area contributed by atoms with Crippen LogP contribution in [0.1, 0.15) is 120 Å². The summed E-state index contributed by atoms with van der Waals surface area (Å²) in [5.41, 5.74) is 1.07. The van der Waals surface area contributed by atoms with Crippen molar-refractivity contribution in [2.75, 3.05) is 112 Å². The summed E-state index contributed by atoms with van der Waals surface area (Å²) in [4.78, 5) is 18.4. The molecule has 0 spiro atoms. The van der Waals surface area contributed by atoms with E-state index in [2.05, 4.69) is 104 Å². The highest BCUT2D eigenvalue weighted by Crippen LogP contribution is 2.26. The Morgan fingerprint density at radius 2 is 0.673 bits per heavy atom. The van der Waals surface area contributed by atoms with Crippen molar-refractivity contribution < 1.29 is 4.74 Å². The predicted octanol–water partition coefficient (Wildman–Crippen LogP) is 5.81. The standard InChI is InChI=1S/C14H29N3.C14H28N2.C13H26N2O/c1-14(2,3)17-7-5-13(6-8-17)16-11-9-15(4)10-12-16;1-14(2,3)16-11-7-13(8-12-16)15-9-5-4-6-10-15;1-13(2,3)15-6-4-12(5-7-15)14-8-10-16-11-9-14/h13H,5-12H2,1-4H3;13H,4-12H2,1-3H3;12H,4-11H2,1-3H3. The fourth-order valence-corrected chi connectivity index (χ4v) is 9.12. The molecule has 0 aromatic heterocycles. The second-order valence-corrected chi connectivity index (χ2v) is 19.3. The van der Waals surface area contributed by atoms with Gasteiger partial charge in [0.1, 0.15) is 0 Å². The van der Waals surface area contributed by atoms with Crippen molar-refractivity contribution in [3.8, 4) is 0 Å².